The highest BCUT2D eigenvalue weighted by Gasteiger charge is 2.00. The number of carboxylic acids is 1. The van der Waals surface area contributed by atoms with Crippen molar-refractivity contribution in [3.05, 3.63) is 40.9 Å². The molecule has 0 fully saturated rings. The highest BCUT2D eigenvalue weighted by Crippen LogP contribution is 2.20. The first kappa shape index (κ1) is 11.8. The van der Waals surface area contributed by atoms with Gasteiger partial charge in [0, 0.05) is 5.02 Å². The number of carbonyl (C=O) groups is 1. The van der Waals surface area contributed by atoms with Crippen LogP contribution >= 0.6 is 11.6 Å². The Bertz CT molecular complexity index is 366. The fourth-order valence-electron chi connectivity index (χ4n) is 1.34. The molecule has 0 amide bonds. The third-order valence-electron chi connectivity index (χ3n) is 2.12. The smallest absolute Gasteiger partial charge is 0.307 e. The van der Waals surface area contributed by atoms with Gasteiger partial charge in [-0.25, -0.2) is 0 Å². The Hall–Kier alpha value is -1.28. The molecule has 0 unspecified atom stereocenters. The zero-order chi connectivity index (χ0) is 11.3. The van der Waals surface area contributed by atoms with Gasteiger partial charge in [0.15, 0.2) is 0 Å². The normalized spacial score (nSPS) is 11.5. The second kappa shape index (κ2) is 5.56. The van der Waals surface area contributed by atoms with E-state index in [-0.39, 0.29) is 6.42 Å². The second-order valence-corrected chi connectivity index (χ2v) is 3.62. The van der Waals surface area contributed by atoms with E-state index >= 15 is 0 Å². The van der Waals surface area contributed by atoms with Crippen LogP contribution in [0, 0.1) is 0 Å². The second-order valence-electron chi connectivity index (χ2n) is 3.19. The molecule has 0 radical (unpaired) electrons. The molecule has 80 valence electrons. The minimum atomic E-state index is -0.810. The van der Waals surface area contributed by atoms with Crippen molar-refractivity contribution in [2.45, 2.75) is 19.8 Å². The summed E-state index contributed by atoms with van der Waals surface area (Å²) in [5.41, 5.74) is 2.07. The number of allylic oxidation sites excluding steroid dienone is 1. The van der Waals surface area contributed by atoms with Crippen LogP contribution in [-0.4, -0.2) is 11.1 Å². The van der Waals surface area contributed by atoms with Gasteiger partial charge < -0.3 is 5.11 Å². The predicted molar refractivity (Wildman–Crippen MR) is 62.0 cm³/mol. The van der Waals surface area contributed by atoms with Gasteiger partial charge in [-0.1, -0.05) is 36.7 Å². The summed E-state index contributed by atoms with van der Waals surface area (Å²) in [7, 11) is 0. The van der Waals surface area contributed by atoms with Crippen LogP contribution in [0.3, 0.4) is 0 Å². The molecule has 15 heavy (non-hydrogen) atoms. The quantitative estimate of drug-likeness (QED) is 0.849. The van der Waals surface area contributed by atoms with Gasteiger partial charge in [-0.3, -0.25) is 4.79 Å². The molecule has 3 heteroatoms. The SMILES string of the molecule is CC/C(=C\CC(=O)O)c1ccc(Cl)cc1. The number of hydrogen-bond donors (Lipinski definition) is 1. The Labute approximate surface area is 94.2 Å². The van der Waals surface area contributed by atoms with Gasteiger partial charge in [0.2, 0.25) is 0 Å². The van der Waals surface area contributed by atoms with Crippen LogP contribution in [0.4, 0.5) is 0 Å². The lowest BCUT2D eigenvalue weighted by Gasteiger charge is -2.04. The van der Waals surface area contributed by atoms with Crippen molar-refractivity contribution >= 4 is 23.1 Å². The molecular formula is C12H13ClO2. The molecular weight excluding hydrogens is 212 g/mol. The van der Waals surface area contributed by atoms with E-state index in [0.29, 0.717) is 5.02 Å². The maximum absolute atomic E-state index is 10.4. The molecule has 1 aromatic carbocycles. The average Bonchev–Trinajstić information content (AvgIpc) is 2.21. The number of carboxylic acid groups (broad SMARTS) is 1. The largest absolute Gasteiger partial charge is 0.481 e. The Morgan fingerprint density at radius 3 is 2.47 bits per heavy atom. The van der Waals surface area contributed by atoms with Crippen LogP contribution < -0.4 is 0 Å². The summed E-state index contributed by atoms with van der Waals surface area (Å²) in [4.78, 5) is 10.4. The van der Waals surface area contributed by atoms with Crippen LogP contribution in [0.2, 0.25) is 5.02 Å². The molecule has 1 aromatic rings. The third-order valence-corrected chi connectivity index (χ3v) is 2.37. The standard InChI is InChI=1S/C12H13ClO2/c1-2-9(5-8-12(14)15)10-3-6-11(13)7-4-10/h3-7H,2,8H2,1H3,(H,14,15)/b9-5+. The van der Waals surface area contributed by atoms with Crippen molar-refractivity contribution in [2.75, 3.05) is 0 Å². The van der Waals surface area contributed by atoms with Gasteiger partial charge in [0.1, 0.15) is 0 Å². The third kappa shape index (κ3) is 3.76. The Morgan fingerprint density at radius 1 is 1.40 bits per heavy atom. The van der Waals surface area contributed by atoms with E-state index < -0.39 is 5.97 Å². The van der Waals surface area contributed by atoms with Gasteiger partial charge in [0.05, 0.1) is 6.42 Å². The van der Waals surface area contributed by atoms with E-state index in [1.165, 1.54) is 0 Å². The Kier molecular flexibility index (Phi) is 4.37. The summed E-state index contributed by atoms with van der Waals surface area (Å²) in [6.07, 6.45) is 2.62. The molecule has 0 aliphatic heterocycles. The molecule has 0 aliphatic carbocycles. The van der Waals surface area contributed by atoms with E-state index in [4.69, 9.17) is 16.7 Å². The lowest BCUT2D eigenvalue weighted by Crippen LogP contribution is -1.92. The molecule has 0 saturated carbocycles. The number of benzene rings is 1. The Morgan fingerprint density at radius 2 is 2.00 bits per heavy atom. The van der Waals surface area contributed by atoms with Crippen molar-refractivity contribution < 1.29 is 9.90 Å². The van der Waals surface area contributed by atoms with E-state index in [0.717, 1.165) is 17.6 Å². The molecule has 1 N–H and O–H groups in total. The molecule has 0 heterocycles. The number of aliphatic carboxylic acids is 1. The van der Waals surface area contributed by atoms with E-state index in [1.807, 2.05) is 19.1 Å². The van der Waals surface area contributed by atoms with Crippen molar-refractivity contribution in [1.82, 2.24) is 0 Å². The molecule has 1 rings (SSSR count). The summed E-state index contributed by atoms with van der Waals surface area (Å²) < 4.78 is 0. The summed E-state index contributed by atoms with van der Waals surface area (Å²) in [5.74, 6) is -0.810. The predicted octanol–water partition coefficient (Wildman–Crippen LogP) is 3.61. The topological polar surface area (TPSA) is 37.3 Å². The first-order valence-corrected chi connectivity index (χ1v) is 5.18. The first-order valence-electron chi connectivity index (χ1n) is 4.80. The van der Waals surface area contributed by atoms with Gasteiger partial charge >= 0.3 is 5.97 Å². The zero-order valence-electron chi connectivity index (χ0n) is 8.53. The lowest BCUT2D eigenvalue weighted by molar-refractivity contribution is -0.135. The average molecular weight is 225 g/mol. The van der Waals surface area contributed by atoms with Crippen molar-refractivity contribution in [2.24, 2.45) is 0 Å². The van der Waals surface area contributed by atoms with Crippen molar-refractivity contribution in [3.63, 3.8) is 0 Å². The van der Waals surface area contributed by atoms with Crippen LogP contribution in [0.5, 0.6) is 0 Å². The van der Waals surface area contributed by atoms with Crippen LogP contribution in [-0.2, 0) is 4.79 Å². The van der Waals surface area contributed by atoms with Crippen molar-refractivity contribution in [3.8, 4) is 0 Å². The monoisotopic (exact) mass is 224 g/mol. The molecule has 0 spiro atoms. The summed E-state index contributed by atoms with van der Waals surface area (Å²) >= 11 is 5.77. The zero-order valence-corrected chi connectivity index (χ0v) is 9.29. The highest BCUT2D eigenvalue weighted by molar-refractivity contribution is 6.30. The fraction of sp³-hybridized carbons (Fsp3) is 0.250. The molecule has 0 saturated heterocycles. The fourth-order valence-corrected chi connectivity index (χ4v) is 1.47. The van der Waals surface area contributed by atoms with Gasteiger partial charge in [-0.15, -0.1) is 0 Å². The van der Waals surface area contributed by atoms with Crippen LogP contribution in [0.15, 0.2) is 30.3 Å². The maximum atomic E-state index is 10.4. The van der Waals surface area contributed by atoms with Crippen LogP contribution in [0.25, 0.3) is 5.57 Å². The van der Waals surface area contributed by atoms with E-state index in [1.54, 1.807) is 18.2 Å². The minimum Gasteiger partial charge on any atom is -0.481 e. The summed E-state index contributed by atoms with van der Waals surface area (Å²) in [6, 6.07) is 7.42. The molecule has 0 aromatic heterocycles. The lowest BCUT2D eigenvalue weighted by atomic mass is 10.0. The van der Waals surface area contributed by atoms with E-state index in [9.17, 15) is 4.79 Å². The molecule has 0 atom stereocenters. The van der Waals surface area contributed by atoms with Crippen LogP contribution in [0.1, 0.15) is 25.3 Å². The van der Waals surface area contributed by atoms with E-state index in [2.05, 4.69) is 0 Å². The summed E-state index contributed by atoms with van der Waals surface area (Å²) in [5, 5.41) is 9.27. The molecule has 0 bridgehead atoms. The van der Waals surface area contributed by atoms with Gasteiger partial charge in [-0.05, 0) is 29.7 Å². The summed E-state index contributed by atoms with van der Waals surface area (Å²) in [6.45, 7) is 2.00. The molecule has 0 aliphatic rings. The number of halogens is 1. The molecule has 2 nitrogen and oxygen atoms in total. The maximum Gasteiger partial charge on any atom is 0.307 e. The minimum absolute atomic E-state index is 0.0613. The van der Waals surface area contributed by atoms with Gasteiger partial charge in [-0.2, -0.15) is 0 Å². The first-order chi connectivity index (χ1) is 7.13. The Balaban J connectivity index is 2.87. The van der Waals surface area contributed by atoms with Crippen molar-refractivity contribution in [1.29, 1.82) is 0 Å². The number of rotatable bonds is 4. The van der Waals surface area contributed by atoms with Gasteiger partial charge in [0.25, 0.3) is 0 Å². The number of hydrogen-bond acceptors (Lipinski definition) is 1. The highest BCUT2D eigenvalue weighted by atomic mass is 35.5.